The summed E-state index contributed by atoms with van der Waals surface area (Å²) in [7, 11) is 0. The van der Waals surface area contributed by atoms with Crippen LogP contribution in [-0.4, -0.2) is 4.57 Å². The number of pyridine rings is 1. The van der Waals surface area contributed by atoms with Crippen LogP contribution in [0, 0.1) is 0 Å². The Labute approximate surface area is 103 Å². The number of para-hydroxylation sites is 1. The summed E-state index contributed by atoms with van der Waals surface area (Å²) in [6, 6.07) is 11.1. The van der Waals surface area contributed by atoms with E-state index in [0.717, 1.165) is 23.2 Å². The zero-order valence-corrected chi connectivity index (χ0v) is 10.2. The molecule has 0 aliphatic heterocycles. The topological polar surface area (TPSA) is 22.0 Å². The molecule has 0 fully saturated rings. The van der Waals surface area contributed by atoms with Gasteiger partial charge in [0.15, 0.2) is 0 Å². The van der Waals surface area contributed by atoms with Crippen molar-refractivity contribution in [3.05, 3.63) is 64.1 Å². The summed E-state index contributed by atoms with van der Waals surface area (Å²) in [6.45, 7) is 3.87. The van der Waals surface area contributed by atoms with E-state index in [1.807, 2.05) is 24.3 Å². The lowest BCUT2D eigenvalue weighted by Gasteiger charge is -2.11. The fourth-order valence-corrected chi connectivity index (χ4v) is 1.91. The maximum Gasteiger partial charge on any atom is 0.255 e. The van der Waals surface area contributed by atoms with Crippen molar-refractivity contribution in [2.75, 3.05) is 0 Å². The van der Waals surface area contributed by atoms with Crippen molar-refractivity contribution in [3.63, 3.8) is 0 Å². The van der Waals surface area contributed by atoms with Gasteiger partial charge in [0.05, 0.1) is 5.69 Å². The number of nitrogens with zero attached hydrogens (tertiary/aromatic N) is 1. The second kappa shape index (κ2) is 5.00. The molecule has 0 amide bonds. The zero-order valence-electron chi connectivity index (χ0n) is 11.2. The van der Waals surface area contributed by atoms with Gasteiger partial charge in [-0.3, -0.25) is 9.36 Å². The predicted octanol–water partition coefficient (Wildman–Crippen LogP) is 2.96. The zero-order chi connectivity index (χ0) is 13.1. The Morgan fingerprint density at radius 1 is 1.18 bits per heavy atom. The number of aryl methyl sites for hydroxylation is 2. The Kier molecular flexibility index (Phi) is 3.04. The molecule has 0 saturated heterocycles. The number of hydrogen-bond donors (Lipinski definition) is 0. The van der Waals surface area contributed by atoms with Gasteiger partial charge in [0.2, 0.25) is 0 Å². The van der Waals surface area contributed by atoms with E-state index in [9.17, 15) is 4.79 Å². The molecule has 0 spiro atoms. The van der Waals surface area contributed by atoms with Crippen LogP contribution in [0.25, 0.3) is 5.69 Å². The van der Waals surface area contributed by atoms with Gasteiger partial charge < -0.3 is 0 Å². The third-order valence-corrected chi connectivity index (χ3v) is 2.90. The molecule has 0 N–H and O–H groups in total. The Hall–Kier alpha value is -1.83. The molecule has 2 rings (SSSR count). The predicted molar refractivity (Wildman–Crippen MR) is 70.8 cm³/mol. The minimum Gasteiger partial charge on any atom is -0.284 e. The molecule has 1 heterocycles. The van der Waals surface area contributed by atoms with Crippen LogP contribution < -0.4 is 5.56 Å². The van der Waals surface area contributed by atoms with Gasteiger partial charge in [0.25, 0.3) is 5.56 Å². The number of rotatable bonds is 3. The highest BCUT2D eigenvalue weighted by Crippen LogP contribution is 2.13. The van der Waals surface area contributed by atoms with Gasteiger partial charge in [-0.1, -0.05) is 38.1 Å². The second-order valence-electron chi connectivity index (χ2n) is 3.94. The Balaban J connectivity index is 2.63. The quantitative estimate of drug-likeness (QED) is 0.791. The molecular formula is C15H17NO. The Morgan fingerprint density at radius 3 is 2.65 bits per heavy atom. The first-order valence-electron chi connectivity index (χ1n) is 6.44. The van der Waals surface area contributed by atoms with E-state index in [1.54, 1.807) is 23.8 Å². The van der Waals surface area contributed by atoms with Crippen molar-refractivity contribution in [1.29, 1.82) is 0 Å². The van der Waals surface area contributed by atoms with Crippen LogP contribution in [0.2, 0.25) is 0 Å². The van der Waals surface area contributed by atoms with Crippen LogP contribution in [-0.2, 0) is 12.8 Å². The highest BCUT2D eigenvalue weighted by Gasteiger charge is 2.04. The third kappa shape index (κ3) is 2.31. The average Bonchev–Trinajstić information content (AvgIpc) is 2.39. The molecule has 17 heavy (non-hydrogen) atoms. The molecule has 1 aromatic heterocycles. The van der Waals surface area contributed by atoms with Gasteiger partial charge in [0, 0.05) is 13.6 Å². The van der Waals surface area contributed by atoms with Gasteiger partial charge in [-0.15, -0.1) is 0 Å². The van der Waals surface area contributed by atoms with Crippen LogP contribution in [0.1, 0.15) is 26.3 Å². The SMILES string of the molecule is [2H]C(C)c1ccc(=O)n(-c2ccccc2CC)c1. The molecule has 0 saturated carbocycles. The molecule has 2 nitrogen and oxygen atoms in total. The largest absolute Gasteiger partial charge is 0.284 e. The Bertz CT molecular complexity index is 601. The van der Waals surface area contributed by atoms with Gasteiger partial charge in [0.1, 0.15) is 0 Å². The fourth-order valence-electron chi connectivity index (χ4n) is 1.91. The fraction of sp³-hybridized carbons (Fsp3) is 0.267. The molecule has 1 aromatic carbocycles. The summed E-state index contributed by atoms with van der Waals surface area (Å²) in [5, 5.41) is 0. The van der Waals surface area contributed by atoms with Gasteiger partial charge in [-0.2, -0.15) is 0 Å². The third-order valence-electron chi connectivity index (χ3n) is 2.90. The summed E-state index contributed by atoms with van der Waals surface area (Å²) in [5.41, 5.74) is 2.84. The van der Waals surface area contributed by atoms with Crippen LogP contribution in [0.4, 0.5) is 0 Å². The smallest absolute Gasteiger partial charge is 0.255 e. The van der Waals surface area contributed by atoms with E-state index >= 15 is 0 Å². The van der Waals surface area contributed by atoms with E-state index < -0.39 is 0 Å². The highest BCUT2D eigenvalue weighted by molar-refractivity contribution is 5.41. The van der Waals surface area contributed by atoms with Crippen molar-refractivity contribution in [1.82, 2.24) is 4.57 Å². The maximum absolute atomic E-state index is 12.0. The lowest BCUT2D eigenvalue weighted by Crippen LogP contribution is -2.18. The van der Waals surface area contributed by atoms with Crippen molar-refractivity contribution < 1.29 is 1.37 Å². The Morgan fingerprint density at radius 2 is 1.94 bits per heavy atom. The van der Waals surface area contributed by atoms with E-state index in [1.165, 1.54) is 6.07 Å². The molecule has 0 aliphatic rings. The van der Waals surface area contributed by atoms with Crippen LogP contribution in [0.3, 0.4) is 0 Å². The van der Waals surface area contributed by atoms with Crippen molar-refractivity contribution in [2.24, 2.45) is 0 Å². The number of benzene rings is 1. The van der Waals surface area contributed by atoms with Crippen molar-refractivity contribution in [2.45, 2.75) is 26.7 Å². The van der Waals surface area contributed by atoms with Crippen molar-refractivity contribution in [3.8, 4) is 5.69 Å². The van der Waals surface area contributed by atoms with Crippen molar-refractivity contribution >= 4 is 0 Å². The minimum absolute atomic E-state index is 0.0553. The molecular weight excluding hydrogens is 210 g/mol. The first-order valence-corrected chi connectivity index (χ1v) is 5.86. The molecule has 1 unspecified atom stereocenters. The monoisotopic (exact) mass is 228 g/mol. The van der Waals surface area contributed by atoms with Gasteiger partial charge in [-0.05, 0) is 30.0 Å². The number of aromatic nitrogens is 1. The van der Waals surface area contributed by atoms with Gasteiger partial charge >= 0.3 is 0 Å². The summed E-state index contributed by atoms with van der Waals surface area (Å²) in [4.78, 5) is 12.0. The normalized spacial score (nSPS) is 13.2. The summed E-state index contributed by atoms with van der Waals surface area (Å²) < 4.78 is 9.37. The standard InChI is InChI=1S/C15H17NO/c1-3-12-9-10-15(17)16(11-12)14-8-6-5-7-13(14)4-2/h5-11H,3-4H2,1-2H3/i3D. The molecule has 1 atom stereocenters. The number of hydrogen-bond acceptors (Lipinski definition) is 1. The van der Waals surface area contributed by atoms with Crippen LogP contribution >= 0.6 is 0 Å². The molecule has 0 radical (unpaired) electrons. The van der Waals surface area contributed by atoms with Gasteiger partial charge in [-0.25, -0.2) is 0 Å². The average molecular weight is 228 g/mol. The van der Waals surface area contributed by atoms with E-state index in [2.05, 4.69) is 6.92 Å². The summed E-state index contributed by atoms with van der Waals surface area (Å²) >= 11 is 0. The first-order chi connectivity index (χ1) is 8.63. The molecule has 2 aromatic rings. The molecule has 2 heteroatoms. The van der Waals surface area contributed by atoms with E-state index in [-0.39, 0.29) is 12.0 Å². The lowest BCUT2D eigenvalue weighted by atomic mass is 10.1. The first kappa shape index (κ1) is 10.3. The highest BCUT2D eigenvalue weighted by atomic mass is 16.1. The molecule has 0 bridgehead atoms. The van der Waals surface area contributed by atoms with E-state index in [0.29, 0.717) is 0 Å². The summed E-state index contributed by atoms with van der Waals surface area (Å²) in [6.07, 6.45) is 2.32. The van der Waals surface area contributed by atoms with E-state index in [4.69, 9.17) is 1.37 Å². The molecule has 88 valence electrons. The maximum atomic E-state index is 12.0. The minimum atomic E-state index is -0.328. The molecule has 0 aliphatic carbocycles. The van der Waals surface area contributed by atoms with Crippen LogP contribution in [0.15, 0.2) is 47.4 Å². The lowest BCUT2D eigenvalue weighted by molar-refractivity contribution is 0.929. The summed E-state index contributed by atoms with van der Waals surface area (Å²) in [5.74, 6) is 0. The second-order valence-corrected chi connectivity index (χ2v) is 3.94. The van der Waals surface area contributed by atoms with Crippen LogP contribution in [0.5, 0.6) is 0 Å².